The van der Waals surface area contributed by atoms with Gasteiger partial charge in [0.15, 0.2) is 0 Å². The van der Waals surface area contributed by atoms with E-state index in [-0.39, 0.29) is 0 Å². The van der Waals surface area contributed by atoms with Gasteiger partial charge < -0.3 is 9.64 Å². The van der Waals surface area contributed by atoms with Crippen LogP contribution in [0.2, 0.25) is 0 Å². The topological polar surface area (TPSA) is 36.3 Å². The maximum Gasteiger partial charge on any atom is 0.0645 e. The third-order valence-corrected chi connectivity index (χ3v) is 2.83. The quantitative estimate of drug-likeness (QED) is 0.628. The van der Waals surface area contributed by atoms with Gasteiger partial charge in [0.1, 0.15) is 0 Å². The summed E-state index contributed by atoms with van der Waals surface area (Å²) in [4.78, 5) is 2.37. The van der Waals surface area contributed by atoms with Crippen molar-refractivity contribution in [2.75, 3.05) is 31.2 Å². The molecule has 98 valence electrons. The maximum absolute atomic E-state index is 8.36. The number of para-hydroxylation sites is 1. The molecule has 0 aliphatic heterocycles. The Labute approximate surface area is 110 Å². The lowest BCUT2D eigenvalue weighted by molar-refractivity contribution is 0.136. The third-order valence-electron chi connectivity index (χ3n) is 2.83. The molecule has 0 bridgehead atoms. The minimum absolute atomic E-state index is 0.491. The zero-order valence-corrected chi connectivity index (χ0v) is 11.1. The first-order chi connectivity index (χ1) is 8.88. The molecule has 0 amide bonds. The Balaban J connectivity index is 2.15. The highest BCUT2D eigenvalue weighted by molar-refractivity contribution is 5.45. The van der Waals surface area contributed by atoms with Crippen molar-refractivity contribution >= 4 is 5.69 Å². The summed E-state index contributed by atoms with van der Waals surface area (Å²) in [5, 5.41) is 8.36. The van der Waals surface area contributed by atoms with Crippen molar-refractivity contribution in [2.24, 2.45) is 0 Å². The summed E-state index contributed by atoms with van der Waals surface area (Å²) in [6.45, 7) is 5.58. The highest BCUT2D eigenvalue weighted by atomic mass is 16.5. The summed E-state index contributed by atoms with van der Waals surface area (Å²) in [5.41, 5.74) is 1.28. The first-order valence-electron chi connectivity index (χ1n) is 6.63. The van der Waals surface area contributed by atoms with E-state index in [2.05, 4.69) is 42.2 Å². The van der Waals surface area contributed by atoms with Crippen LogP contribution in [0.4, 0.5) is 5.69 Å². The highest BCUT2D eigenvalue weighted by Gasteiger charge is 2.02. The average molecular weight is 246 g/mol. The first-order valence-corrected chi connectivity index (χ1v) is 6.63. The molecule has 1 aromatic rings. The average Bonchev–Trinajstić information content (AvgIpc) is 2.43. The summed E-state index contributed by atoms with van der Waals surface area (Å²) < 4.78 is 5.35. The smallest absolute Gasteiger partial charge is 0.0645 e. The number of hydrogen-bond acceptors (Lipinski definition) is 3. The van der Waals surface area contributed by atoms with E-state index in [1.165, 1.54) is 5.69 Å². The van der Waals surface area contributed by atoms with E-state index in [0.717, 1.165) is 32.5 Å². The fourth-order valence-electron chi connectivity index (χ4n) is 1.84. The van der Waals surface area contributed by atoms with Gasteiger partial charge in [-0.1, -0.05) is 18.2 Å². The van der Waals surface area contributed by atoms with Gasteiger partial charge in [-0.25, -0.2) is 0 Å². The summed E-state index contributed by atoms with van der Waals surface area (Å²) in [6.07, 6.45) is 2.66. The number of ether oxygens (including phenoxy) is 1. The summed E-state index contributed by atoms with van der Waals surface area (Å²) in [6, 6.07) is 12.6. The maximum atomic E-state index is 8.36. The molecule has 1 aromatic carbocycles. The minimum Gasteiger partial charge on any atom is -0.380 e. The Morgan fingerprint density at radius 2 is 1.94 bits per heavy atom. The standard InChI is InChI=1S/C15H22N2O/c1-2-17(15-9-4-3-5-10-15)12-6-7-13-18-14-8-11-16/h3-5,9-10H,2,6-8,12-14H2,1H3. The van der Waals surface area contributed by atoms with Gasteiger partial charge in [-0.05, 0) is 31.9 Å². The van der Waals surface area contributed by atoms with Crippen LogP contribution in [0.5, 0.6) is 0 Å². The molecular weight excluding hydrogens is 224 g/mol. The van der Waals surface area contributed by atoms with Crippen molar-refractivity contribution in [1.29, 1.82) is 5.26 Å². The van der Waals surface area contributed by atoms with Gasteiger partial charge in [0.25, 0.3) is 0 Å². The van der Waals surface area contributed by atoms with Crippen molar-refractivity contribution < 1.29 is 4.74 Å². The monoisotopic (exact) mass is 246 g/mol. The van der Waals surface area contributed by atoms with Gasteiger partial charge in [-0.2, -0.15) is 5.26 Å². The number of rotatable bonds is 9. The van der Waals surface area contributed by atoms with Crippen LogP contribution in [-0.4, -0.2) is 26.3 Å². The molecule has 0 aliphatic carbocycles. The molecule has 18 heavy (non-hydrogen) atoms. The fourth-order valence-corrected chi connectivity index (χ4v) is 1.84. The molecule has 0 heterocycles. The van der Waals surface area contributed by atoms with Crippen LogP contribution >= 0.6 is 0 Å². The Hall–Kier alpha value is -1.53. The van der Waals surface area contributed by atoms with Gasteiger partial charge in [-0.3, -0.25) is 0 Å². The van der Waals surface area contributed by atoms with Gasteiger partial charge >= 0.3 is 0 Å². The number of nitrogens with zero attached hydrogens (tertiary/aromatic N) is 2. The van der Waals surface area contributed by atoms with Crippen LogP contribution in [0.3, 0.4) is 0 Å². The van der Waals surface area contributed by atoms with Crippen molar-refractivity contribution in [3.63, 3.8) is 0 Å². The van der Waals surface area contributed by atoms with Gasteiger partial charge in [0.05, 0.1) is 19.1 Å². The molecule has 0 radical (unpaired) electrons. The van der Waals surface area contributed by atoms with Crippen LogP contribution in [0, 0.1) is 11.3 Å². The molecule has 1 rings (SSSR count). The molecule has 0 unspecified atom stereocenters. The first kappa shape index (κ1) is 14.5. The number of nitriles is 1. The van der Waals surface area contributed by atoms with Crippen LogP contribution in [-0.2, 0) is 4.74 Å². The fraction of sp³-hybridized carbons (Fsp3) is 0.533. The Kier molecular flexibility index (Phi) is 7.66. The molecule has 0 aromatic heterocycles. The normalized spacial score (nSPS) is 10.0. The van der Waals surface area contributed by atoms with E-state index in [1.807, 2.05) is 6.07 Å². The second-order valence-electron chi connectivity index (χ2n) is 4.14. The predicted molar refractivity (Wildman–Crippen MR) is 74.6 cm³/mol. The van der Waals surface area contributed by atoms with Gasteiger partial charge in [0.2, 0.25) is 0 Å². The summed E-state index contributed by atoms with van der Waals surface area (Å²) in [5.74, 6) is 0. The van der Waals surface area contributed by atoms with E-state index in [0.29, 0.717) is 13.0 Å². The van der Waals surface area contributed by atoms with E-state index in [4.69, 9.17) is 10.00 Å². The van der Waals surface area contributed by atoms with E-state index < -0.39 is 0 Å². The van der Waals surface area contributed by atoms with Gasteiger partial charge in [0, 0.05) is 25.4 Å². The van der Waals surface area contributed by atoms with Crippen LogP contribution < -0.4 is 4.90 Å². The van der Waals surface area contributed by atoms with Crippen molar-refractivity contribution in [3.05, 3.63) is 30.3 Å². The summed E-state index contributed by atoms with van der Waals surface area (Å²) in [7, 11) is 0. The van der Waals surface area contributed by atoms with E-state index >= 15 is 0 Å². The molecule has 0 aliphatic rings. The minimum atomic E-state index is 0.491. The molecule has 0 N–H and O–H groups in total. The Morgan fingerprint density at radius 1 is 1.17 bits per heavy atom. The lowest BCUT2D eigenvalue weighted by Crippen LogP contribution is -2.24. The lowest BCUT2D eigenvalue weighted by atomic mass is 10.2. The number of unbranched alkanes of at least 4 members (excludes halogenated alkanes) is 1. The zero-order chi connectivity index (χ0) is 13.1. The molecule has 3 heteroatoms. The molecule has 3 nitrogen and oxygen atoms in total. The van der Waals surface area contributed by atoms with Crippen LogP contribution in [0.1, 0.15) is 26.2 Å². The lowest BCUT2D eigenvalue weighted by Gasteiger charge is -2.22. The molecule has 0 fully saturated rings. The Morgan fingerprint density at radius 3 is 2.61 bits per heavy atom. The van der Waals surface area contributed by atoms with Crippen LogP contribution in [0.15, 0.2) is 30.3 Å². The summed E-state index contributed by atoms with van der Waals surface area (Å²) >= 11 is 0. The second-order valence-corrected chi connectivity index (χ2v) is 4.14. The van der Waals surface area contributed by atoms with Crippen molar-refractivity contribution in [1.82, 2.24) is 0 Å². The number of hydrogen-bond donors (Lipinski definition) is 0. The zero-order valence-electron chi connectivity index (χ0n) is 11.1. The molecule has 0 saturated heterocycles. The highest BCUT2D eigenvalue weighted by Crippen LogP contribution is 2.13. The van der Waals surface area contributed by atoms with Crippen molar-refractivity contribution in [3.8, 4) is 6.07 Å². The van der Waals surface area contributed by atoms with E-state index in [1.54, 1.807) is 0 Å². The molecule has 0 spiro atoms. The Bertz CT molecular complexity index is 345. The van der Waals surface area contributed by atoms with E-state index in [9.17, 15) is 0 Å². The number of anilines is 1. The third kappa shape index (κ3) is 5.70. The van der Waals surface area contributed by atoms with Gasteiger partial charge in [-0.15, -0.1) is 0 Å². The predicted octanol–water partition coefficient (Wildman–Crippen LogP) is 3.22. The molecule has 0 atom stereocenters. The second kappa shape index (κ2) is 9.49. The number of benzene rings is 1. The SMILES string of the molecule is CCN(CCCCOCCC#N)c1ccccc1. The van der Waals surface area contributed by atoms with Crippen LogP contribution in [0.25, 0.3) is 0 Å². The molecular formula is C15H22N2O. The molecule has 0 saturated carbocycles. The largest absolute Gasteiger partial charge is 0.380 e. The van der Waals surface area contributed by atoms with Crippen molar-refractivity contribution in [2.45, 2.75) is 26.2 Å².